The minimum Gasteiger partial charge on any atom is -0.310 e. The number of anilines is 3. The number of benzene rings is 10. The van der Waals surface area contributed by atoms with E-state index in [2.05, 4.69) is 268 Å². The zero-order valence-electron chi connectivity index (χ0n) is 38.8. The van der Waals surface area contributed by atoms with E-state index in [1.807, 2.05) is 0 Å². The molecule has 0 bridgehead atoms. The molecule has 0 saturated carbocycles. The van der Waals surface area contributed by atoms with Gasteiger partial charge in [0.1, 0.15) is 0 Å². The standard InChI is InChI=1S/C68H49N/c1-67(2)58-25-12-8-21-53(58)56-42-40-50(43-63(56)67)69(64-30-16-29-62-66(64)57-24-11-15-28-61(57)68(62)59-26-13-9-22-54(59)55-23-10-14-27-60(55)68)49-38-35-47(36-39-49)52-41-37-46-19-6-7-20-51(46)65(52)48-33-31-45(32-34-48)44-17-4-3-5-18-44/h3-43,57,61H,1-2H3. The van der Waals surface area contributed by atoms with Crippen molar-refractivity contribution in [2.75, 3.05) is 4.90 Å². The lowest BCUT2D eigenvalue weighted by atomic mass is 9.65. The highest BCUT2D eigenvalue weighted by Crippen LogP contribution is 2.67. The van der Waals surface area contributed by atoms with Gasteiger partial charge in [0.25, 0.3) is 0 Å². The molecule has 4 aliphatic rings. The first-order valence-corrected chi connectivity index (χ1v) is 24.5. The number of fused-ring (bicyclic) bond motifs is 14. The Morgan fingerprint density at radius 1 is 0.377 bits per heavy atom. The molecule has 10 aromatic carbocycles. The molecule has 0 N–H and O–H groups in total. The molecular weight excluding hydrogens is 831 g/mol. The van der Waals surface area contributed by atoms with Crippen LogP contribution in [0.5, 0.6) is 0 Å². The van der Waals surface area contributed by atoms with Crippen LogP contribution in [0.25, 0.3) is 66.4 Å². The third-order valence-corrected chi connectivity index (χ3v) is 16.2. The predicted molar refractivity (Wildman–Crippen MR) is 289 cm³/mol. The van der Waals surface area contributed by atoms with Gasteiger partial charge in [-0.3, -0.25) is 0 Å². The molecule has 326 valence electrons. The maximum absolute atomic E-state index is 2.57. The molecule has 1 nitrogen and oxygen atoms in total. The molecule has 0 fully saturated rings. The zero-order chi connectivity index (χ0) is 45.8. The Kier molecular flexibility index (Phi) is 8.74. The van der Waals surface area contributed by atoms with Crippen molar-refractivity contribution in [3.63, 3.8) is 0 Å². The number of hydrogen-bond acceptors (Lipinski definition) is 1. The molecule has 0 heterocycles. The maximum Gasteiger partial charge on any atom is 0.0538 e. The van der Waals surface area contributed by atoms with Crippen LogP contribution < -0.4 is 4.90 Å². The van der Waals surface area contributed by atoms with Gasteiger partial charge in [0, 0.05) is 28.6 Å². The van der Waals surface area contributed by atoms with Gasteiger partial charge in [-0.15, -0.1) is 0 Å². The number of allylic oxidation sites excluding steroid dienone is 4. The number of rotatable bonds is 6. The molecule has 2 unspecified atom stereocenters. The van der Waals surface area contributed by atoms with Crippen molar-refractivity contribution in [2.24, 2.45) is 5.92 Å². The van der Waals surface area contributed by atoms with E-state index in [0.717, 1.165) is 5.69 Å². The van der Waals surface area contributed by atoms with Gasteiger partial charge in [-0.05, 0) is 130 Å². The van der Waals surface area contributed by atoms with Gasteiger partial charge < -0.3 is 4.90 Å². The monoisotopic (exact) mass is 879 g/mol. The third kappa shape index (κ3) is 5.71. The minimum absolute atomic E-state index is 0.148. The van der Waals surface area contributed by atoms with Crippen LogP contribution in [0, 0.1) is 5.92 Å². The second kappa shape index (κ2) is 15.1. The van der Waals surface area contributed by atoms with Gasteiger partial charge in [0.05, 0.1) is 11.1 Å². The third-order valence-electron chi connectivity index (χ3n) is 16.2. The molecule has 0 radical (unpaired) electrons. The molecule has 0 amide bonds. The quantitative estimate of drug-likeness (QED) is 0.161. The van der Waals surface area contributed by atoms with Crippen LogP contribution in [0.1, 0.15) is 53.1 Å². The fourth-order valence-electron chi connectivity index (χ4n) is 13.2. The van der Waals surface area contributed by atoms with Crippen LogP contribution in [0.2, 0.25) is 0 Å². The Morgan fingerprint density at radius 3 is 1.68 bits per heavy atom. The van der Waals surface area contributed by atoms with Gasteiger partial charge >= 0.3 is 0 Å². The van der Waals surface area contributed by atoms with Gasteiger partial charge in [-0.1, -0.05) is 232 Å². The molecule has 1 spiro atoms. The Balaban J connectivity index is 0.966. The molecule has 69 heavy (non-hydrogen) atoms. The van der Waals surface area contributed by atoms with Crippen molar-refractivity contribution < 1.29 is 0 Å². The molecular formula is C68H49N. The normalized spacial score (nSPS) is 17.0. The van der Waals surface area contributed by atoms with E-state index in [0.29, 0.717) is 0 Å². The lowest BCUT2D eigenvalue weighted by Crippen LogP contribution is -2.32. The van der Waals surface area contributed by atoms with E-state index in [-0.39, 0.29) is 22.7 Å². The summed E-state index contributed by atoms with van der Waals surface area (Å²) < 4.78 is 0. The van der Waals surface area contributed by atoms with Crippen LogP contribution in [0.15, 0.2) is 249 Å². The van der Waals surface area contributed by atoms with E-state index in [4.69, 9.17) is 0 Å². The Hall–Kier alpha value is -8.26. The van der Waals surface area contributed by atoms with Crippen molar-refractivity contribution in [2.45, 2.75) is 30.6 Å². The van der Waals surface area contributed by atoms with Crippen molar-refractivity contribution in [3.05, 3.63) is 282 Å². The molecule has 0 aromatic heterocycles. The summed E-state index contributed by atoms with van der Waals surface area (Å²) in [5.41, 5.74) is 24.1. The SMILES string of the molecule is CC1(C)c2ccccc2-c2ccc(N(c3ccc(-c4ccc5ccccc5c4-c4ccc(-c5ccccc5)cc4)cc3)c3cccc4c3C3C=CC=CC3C43c4ccccc4-c4ccccc43)cc21. The van der Waals surface area contributed by atoms with Crippen LogP contribution in [0.3, 0.4) is 0 Å². The van der Waals surface area contributed by atoms with E-state index < -0.39 is 0 Å². The van der Waals surface area contributed by atoms with Crippen LogP contribution >= 0.6 is 0 Å². The highest BCUT2D eigenvalue weighted by molar-refractivity contribution is 6.04. The Labute approximate surface area is 405 Å². The van der Waals surface area contributed by atoms with Crippen LogP contribution in [-0.2, 0) is 10.8 Å². The van der Waals surface area contributed by atoms with E-state index in [9.17, 15) is 0 Å². The topological polar surface area (TPSA) is 3.24 Å². The Bertz CT molecular complexity index is 3710. The van der Waals surface area contributed by atoms with Crippen molar-refractivity contribution in [1.29, 1.82) is 0 Å². The smallest absolute Gasteiger partial charge is 0.0538 e. The largest absolute Gasteiger partial charge is 0.310 e. The Morgan fingerprint density at radius 2 is 0.928 bits per heavy atom. The summed E-state index contributed by atoms with van der Waals surface area (Å²) in [7, 11) is 0. The van der Waals surface area contributed by atoms with Gasteiger partial charge in [0.15, 0.2) is 0 Å². The summed E-state index contributed by atoms with van der Waals surface area (Å²) in [5.74, 6) is 0.389. The molecule has 14 rings (SSSR count). The summed E-state index contributed by atoms with van der Waals surface area (Å²) in [6, 6.07) is 84.3. The summed E-state index contributed by atoms with van der Waals surface area (Å²) in [5, 5.41) is 2.49. The second-order valence-electron chi connectivity index (χ2n) is 19.9. The highest BCUT2D eigenvalue weighted by Gasteiger charge is 2.58. The summed E-state index contributed by atoms with van der Waals surface area (Å²) >= 11 is 0. The molecule has 4 aliphatic carbocycles. The van der Waals surface area contributed by atoms with Crippen molar-refractivity contribution >= 4 is 27.8 Å². The van der Waals surface area contributed by atoms with E-state index in [1.165, 1.54) is 111 Å². The first-order valence-electron chi connectivity index (χ1n) is 24.5. The van der Waals surface area contributed by atoms with E-state index in [1.54, 1.807) is 0 Å². The van der Waals surface area contributed by atoms with Gasteiger partial charge in [-0.25, -0.2) is 0 Å². The predicted octanol–water partition coefficient (Wildman–Crippen LogP) is 17.8. The molecule has 0 saturated heterocycles. The van der Waals surface area contributed by atoms with Crippen molar-refractivity contribution in [3.8, 4) is 55.6 Å². The first kappa shape index (κ1) is 39.9. The fraction of sp³-hybridized carbons (Fsp3) is 0.0882. The molecule has 2 atom stereocenters. The first-order chi connectivity index (χ1) is 34.0. The lowest BCUT2D eigenvalue weighted by molar-refractivity contribution is 0.465. The average molecular weight is 880 g/mol. The fourth-order valence-corrected chi connectivity index (χ4v) is 13.2. The molecule has 0 aliphatic heterocycles. The summed E-state index contributed by atoms with van der Waals surface area (Å²) in [4.78, 5) is 2.57. The summed E-state index contributed by atoms with van der Waals surface area (Å²) in [6.07, 6.45) is 9.53. The van der Waals surface area contributed by atoms with Crippen LogP contribution in [0.4, 0.5) is 17.1 Å². The average Bonchev–Trinajstić information content (AvgIpc) is 3.98. The van der Waals surface area contributed by atoms with E-state index >= 15 is 0 Å². The summed E-state index contributed by atoms with van der Waals surface area (Å²) in [6.45, 7) is 4.78. The number of hydrogen-bond donors (Lipinski definition) is 0. The number of nitrogens with zero attached hydrogens (tertiary/aromatic N) is 1. The molecule has 1 heteroatoms. The maximum atomic E-state index is 2.57. The van der Waals surface area contributed by atoms with Gasteiger partial charge in [0.2, 0.25) is 0 Å². The zero-order valence-corrected chi connectivity index (χ0v) is 38.8. The molecule has 10 aromatic rings. The van der Waals surface area contributed by atoms with Crippen molar-refractivity contribution in [1.82, 2.24) is 0 Å². The minimum atomic E-state index is -0.326. The second-order valence-corrected chi connectivity index (χ2v) is 19.9. The van der Waals surface area contributed by atoms with Crippen LogP contribution in [-0.4, -0.2) is 0 Å². The lowest BCUT2D eigenvalue weighted by Gasteiger charge is -2.36. The highest BCUT2D eigenvalue weighted by atomic mass is 15.1. The van der Waals surface area contributed by atoms with Gasteiger partial charge in [-0.2, -0.15) is 0 Å².